The van der Waals surface area contributed by atoms with Crippen molar-refractivity contribution in [3.05, 3.63) is 21.4 Å². The van der Waals surface area contributed by atoms with E-state index in [4.69, 9.17) is 9.47 Å². The minimum absolute atomic E-state index is 0.0358. The maximum Gasteiger partial charge on any atom is 0.263 e. The Morgan fingerprint density at radius 1 is 1.14 bits per heavy atom. The molecule has 0 atom stereocenters. The number of amides is 1. The van der Waals surface area contributed by atoms with Crippen LogP contribution < -0.4 is 0 Å². The van der Waals surface area contributed by atoms with Gasteiger partial charge in [-0.1, -0.05) is 0 Å². The highest BCUT2D eigenvalue weighted by Crippen LogP contribution is 2.32. The van der Waals surface area contributed by atoms with E-state index in [9.17, 15) is 4.79 Å². The third-order valence-corrected chi connectivity index (χ3v) is 6.29. The number of hydrogen-bond acceptors (Lipinski definition) is 4. The van der Waals surface area contributed by atoms with Gasteiger partial charge >= 0.3 is 0 Å². The molecular formula is C17H23NO3S. The van der Waals surface area contributed by atoms with Crippen molar-refractivity contribution in [2.45, 2.75) is 44.8 Å². The highest BCUT2D eigenvalue weighted by Gasteiger charge is 2.32. The van der Waals surface area contributed by atoms with Crippen molar-refractivity contribution in [1.29, 1.82) is 0 Å². The molecule has 2 fully saturated rings. The molecule has 3 heterocycles. The summed E-state index contributed by atoms with van der Waals surface area (Å²) in [6.45, 7) is 3.08. The van der Waals surface area contributed by atoms with Crippen molar-refractivity contribution in [2.24, 2.45) is 5.92 Å². The molecule has 0 radical (unpaired) electrons. The average Bonchev–Trinajstić information content (AvgIpc) is 3.23. The van der Waals surface area contributed by atoms with Crippen LogP contribution in [-0.2, 0) is 22.3 Å². The molecule has 2 saturated heterocycles. The number of fused-ring (bicyclic) bond motifs is 1. The molecule has 22 heavy (non-hydrogen) atoms. The number of piperidine rings is 1. The zero-order valence-electron chi connectivity index (χ0n) is 12.9. The van der Waals surface area contributed by atoms with Gasteiger partial charge in [-0.3, -0.25) is 4.79 Å². The van der Waals surface area contributed by atoms with E-state index < -0.39 is 0 Å². The molecule has 1 aromatic rings. The van der Waals surface area contributed by atoms with Gasteiger partial charge in [-0.05, 0) is 50.2 Å². The number of hydrogen-bond donors (Lipinski definition) is 0. The summed E-state index contributed by atoms with van der Waals surface area (Å²) in [5.74, 6) is 0.675. The summed E-state index contributed by atoms with van der Waals surface area (Å²) in [6, 6.07) is 2.15. The number of carbonyl (C=O) groups is 1. The molecule has 120 valence electrons. The minimum atomic E-state index is -0.0358. The fourth-order valence-corrected chi connectivity index (χ4v) is 5.00. The molecule has 0 aromatic carbocycles. The predicted molar refractivity (Wildman–Crippen MR) is 85.3 cm³/mol. The molecule has 0 bridgehead atoms. The molecule has 0 N–H and O–H groups in total. The van der Waals surface area contributed by atoms with Crippen LogP contribution in [0.3, 0.4) is 0 Å². The maximum atomic E-state index is 12.7. The van der Waals surface area contributed by atoms with E-state index in [2.05, 4.69) is 6.07 Å². The quantitative estimate of drug-likeness (QED) is 0.841. The Bertz CT molecular complexity index is 519. The molecule has 4 rings (SSSR count). The van der Waals surface area contributed by atoms with Crippen LogP contribution in [0.4, 0.5) is 0 Å². The number of likely N-dealkylation sites (tertiary alicyclic amines) is 1. The van der Waals surface area contributed by atoms with Crippen molar-refractivity contribution in [2.75, 3.05) is 26.3 Å². The number of aryl methyl sites for hydroxylation is 2. The predicted octanol–water partition coefficient (Wildman–Crippen LogP) is 2.85. The Labute approximate surface area is 135 Å². The highest BCUT2D eigenvalue weighted by atomic mass is 32.1. The molecule has 1 aromatic heterocycles. The lowest BCUT2D eigenvalue weighted by molar-refractivity contribution is -0.0955. The Kier molecular flexibility index (Phi) is 4.20. The fraction of sp³-hybridized carbons (Fsp3) is 0.706. The van der Waals surface area contributed by atoms with Gasteiger partial charge in [-0.2, -0.15) is 0 Å². The van der Waals surface area contributed by atoms with Crippen LogP contribution in [-0.4, -0.2) is 43.4 Å². The normalized spacial score (nSPS) is 23.7. The molecule has 1 amide bonds. The number of nitrogens with zero attached hydrogens (tertiary/aromatic N) is 1. The van der Waals surface area contributed by atoms with Crippen LogP contribution in [0.1, 0.15) is 45.8 Å². The zero-order valence-corrected chi connectivity index (χ0v) is 13.7. The van der Waals surface area contributed by atoms with Crippen molar-refractivity contribution in [3.63, 3.8) is 0 Å². The van der Waals surface area contributed by atoms with Crippen molar-refractivity contribution in [1.82, 2.24) is 4.90 Å². The first-order valence-corrected chi connectivity index (χ1v) is 9.27. The molecule has 0 saturated carbocycles. The van der Waals surface area contributed by atoms with Gasteiger partial charge in [0.1, 0.15) is 0 Å². The van der Waals surface area contributed by atoms with E-state index in [1.807, 2.05) is 4.90 Å². The molecule has 4 nitrogen and oxygen atoms in total. The van der Waals surface area contributed by atoms with Crippen LogP contribution >= 0.6 is 11.3 Å². The first kappa shape index (κ1) is 14.7. The fourth-order valence-electron chi connectivity index (χ4n) is 3.78. The molecule has 3 aliphatic rings. The zero-order chi connectivity index (χ0) is 14.9. The lowest BCUT2D eigenvalue weighted by Crippen LogP contribution is -2.41. The number of carbonyl (C=O) groups excluding carboxylic acids is 1. The summed E-state index contributed by atoms with van der Waals surface area (Å²) in [7, 11) is 0. The third kappa shape index (κ3) is 2.82. The monoisotopic (exact) mass is 321 g/mol. The molecule has 5 heteroatoms. The lowest BCUT2D eigenvalue weighted by Gasteiger charge is -2.33. The van der Waals surface area contributed by atoms with Gasteiger partial charge in [0.2, 0.25) is 0 Å². The standard InChI is InChI=1S/C17H23NO3S/c19-16(15-11-13-3-1-2-4-14(13)22-15)18-7-5-12(6-8-18)17-20-9-10-21-17/h11-12,17H,1-10H2. The number of rotatable bonds is 2. The Balaban J connectivity index is 1.38. The Morgan fingerprint density at radius 3 is 2.59 bits per heavy atom. The second kappa shape index (κ2) is 6.30. The molecule has 0 spiro atoms. The van der Waals surface area contributed by atoms with E-state index in [-0.39, 0.29) is 12.2 Å². The topological polar surface area (TPSA) is 38.8 Å². The molecule has 2 aliphatic heterocycles. The molecular weight excluding hydrogens is 298 g/mol. The Morgan fingerprint density at radius 2 is 1.86 bits per heavy atom. The average molecular weight is 321 g/mol. The van der Waals surface area contributed by atoms with Crippen LogP contribution in [0.15, 0.2) is 6.07 Å². The smallest absolute Gasteiger partial charge is 0.263 e. The summed E-state index contributed by atoms with van der Waals surface area (Å²) < 4.78 is 11.2. The number of ether oxygens (including phenoxy) is 2. The largest absolute Gasteiger partial charge is 0.350 e. The van der Waals surface area contributed by atoms with Crippen LogP contribution in [0.5, 0.6) is 0 Å². The van der Waals surface area contributed by atoms with Crippen molar-refractivity contribution in [3.8, 4) is 0 Å². The highest BCUT2D eigenvalue weighted by molar-refractivity contribution is 7.14. The maximum absolute atomic E-state index is 12.7. The van der Waals surface area contributed by atoms with Gasteiger partial charge in [-0.25, -0.2) is 0 Å². The first-order valence-electron chi connectivity index (χ1n) is 8.45. The van der Waals surface area contributed by atoms with Crippen LogP contribution in [0.25, 0.3) is 0 Å². The SMILES string of the molecule is O=C(c1cc2c(s1)CCCC2)N1CCC(C2OCCO2)CC1. The second-order valence-electron chi connectivity index (χ2n) is 6.51. The summed E-state index contributed by atoms with van der Waals surface area (Å²) in [4.78, 5) is 17.1. The van der Waals surface area contributed by atoms with Gasteiger partial charge in [0.15, 0.2) is 6.29 Å². The lowest BCUT2D eigenvalue weighted by atomic mass is 9.96. The minimum Gasteiger partial charge on any atom is -0.350 e. The van der Waals surface area contributed by atoms with Gasteiger partial charge < -0.3 is 14.4 Å². The number of thiophene rings is 1. The van der Waals surface area contributed by atoms with Gasteiger partial charge in [0.05, 0.1) is 18.1 Å². The summed E-state index contributed by atoms with van der Waals surface area (Å²) >= 11 is 1.72. The third-order valence-electron chi connectivity index (χ3n) is 5.07. The Hall–Kier alpha value is -0.910. The van der Waals surface area contributed by atoms with E-state index >= 15 is 0 Å². The first-order chi connectivity index (χ1) is 10.8. The van der Waals surface area contributed by atoms with Crippen molar-refractivity contribution >= 4 is 17.2 Å². The van der Waals surface area contributed by atoms with Gasteiger partial charge in [-0.15, -0.1) is 11.3 Å². The van der Waals surface area contributed by atoms with Crippen LogP contribution in [0, 0.1) is 5.92 Å². The summed E-state index contributed by atoms with van der Waals surface area (Å²) in [5, 5.41) is 0. The van der Waals surface area contributed by atoms with Gasteiger partial charge in [0, 0.05) is 23.9 Å². The summed E-state index contributed by atoms with van der Waals surface area (Å²) in [5.41, 5.74) is 1.42. The second-order valence-corrected chi connectivity index (χ2v) is 7.64. The van der Waals surface area contributed by atoms with E-state index in [0.29, 0.717) is 19.1 Å². The summed E-state index contributed by atoms with van der Waals surface area (Å²) in [6.07, 6.45) is 6.79. The van der Waals surface area contributed by atoms with E-state index in [1.54, 1.807) is 11.3 Å². The molecule has 1 aliphatic carbocycles. The van der Waals surface area contributed by atoms with Crippen molar-refractivity contribution < 1.29 is 14.3 Å². The van der Waals surface area contributed by atoms with Gasteiger partial charge in [0.25, 0.3) is 5.91 Å². The molecule has 0 unspecified atom stereocenters. The van der Waals surface area contributed by atoms with E-state index in [1.165, 1.54) is 23.3 Å². The van der Waals surface area contributed by atoms with E-state index in [0.717, 1.165) is 43.6 Å². The van der Waals surface area contributed by atoms with Crippen LogP contribution in [0.2, 0.25) is 0 Å².